The third kappa shape index (κ3) is 3.77. The molecule has 122 valence electrons. The molecule has 2 amide bonds. The number of amides is 2. The summed E-state index contributed by atoms with van der Waals surface area (Å²) in [5.41, 5.74) is 1.16. The normalized spacial score (nSPS) is 20.4. The maximum Gasteiger partial charge on any atom is 0.320 e. The van der Waals surface area contributed by atoms with Crippen LogP contribution in [0.15, 0.2) is 5.38 Å². The molecule has 0 aromatic carbocycles. The number of ether oxygens (including phenoxy) is 1. The van der Waals surface area contributed by atoms with Gasteiger partial charge in [0.1, 0.15) is 0 Å². The van der Waals surface area contributed by atoms with E-state index < -0.39 is 0 Å². The molecular formula is C15H24N4O2S. The first-order valence-corrected chi connectivity index (χ1v) is 8.91. The molecule has 0 saturated carbocycles. The number of hydrogen-bond acceptors (Lipinski definition) is 5. The molecule has 2 aliphatic rings. The zero-order valence-corrected chi connectivity index (χ0v) is 14.0. The summed E-state index contributed by atoms with van der Waals surface area (Å²) in [6, 6.07) is 0.171. The minimum absolute atomic E-state index is 0.171. The fraction of sp³-hybridized carbons (Fsp3) is 0.733. The van der Waals surface area contributed by atoms with Gasteiger partial charge in [0.2, 0.25) is 0 Å². The number of thiazole rings is 1. The molecule has 0 radical (unpaired) electrons. The molecule has 0 N–H and O–H groups in total. The molecule has 0 aliphatic carbocycles. The first kappa shape index (κ1) is 15.7. The summed E-state index contributed by atoms with van der Waals surface area (Å²) in [5.74, 6) is 0. The Morgan fingerprint density at radius 2 is 1.86 bits per heavy atom. The van der Waals surface area contributed by atoms with E-state index in [4.69, 9.17) is 4.74 Å². The van der Waals surface area contributed by atoms with E-state index >= 15 is 0 Å². The fourth-order valence-electron chi connectivity index (χ4n) is 2.86. The Morgan fingerprint density at radius 1 is 1.18 bits per heavy atom. The smallest absolute Gasteiger partial charge is 0.320 e. The van der Waals surface area contributed by atoms with Crippen molar-refractivity contribution in [1.29, 1.82) is 0 Å². The van der Waals surface area contributed by atoms with Crippen molar-refractivity contribution < 1.29 is 9.53 Å². The summed E-state index contributed by atoms with van der Waals surface area (Å²) >= 11 is 1.74. The maximum atomic E-state index is 12.4. The monoisotopic (exact) mass is 324 g/mol. The van der Waals surface area contributed by atoms with Gasteiger partial charge in [0.25, 0.3) is 0 Å². The Labute approximate surface area is 135 Å². The number of rotatable bonds is 3. The lowest BCUT2D eigenvalue weighted by Gasteiger charge is -2.38. The van der Waals surface area contributed by atoms with Crippen LogP contribution in [0.5, 0.6) is 0 Å². The van der Waals surface area contributed by atoms with Crippen LogP contribution in [0.2, 0.25) is 0 Å². The standard InChI is InChI=1S/C15H24N4O2S/c1-2-14-16-13(12-22-14)11-17-3-5-18(6-4-17)15(20)19-7-9-21-10-8-19/h12H,2-11H2,1H3. The van der Waals surface area contributed by atoms with Gasteiger partial charge in [-0.25, -0.2) is 9.78 Å². The van der Waals surface area contributed by atoms with Crippen LogP contribution in [-0.2, 0) is 17.7 Å². The molecule has 2 fully saturated rings. The van der Waals surface area contributed by atoms with Crippen LogP contribution in [0.25, 0.3) is 0 Å². The quantitative estimate of drug-likeness (QED) is 0.840. The van der Waals surface area contributed by atoms with Gasteiger partial charge in [-0.1, -0.05) is 6.92 Å². The van der Waals surface area contributed by atoms with Crippen molar-refractivity contribution >= 4 is 17.4 Å². The highest BCUT2D eigenvalue weighted by molar-refractivity contribution is 7.09. The number of aromatic nitrogens is 1. The van der Waals surface area contributed by atoms with E-state index in [-0.39, 0.29) is 6.03 Å². The van der Waals surface area contributed by atoms with E-state index in [9.17, 15) is 4.79 Å². The summed E-state index contributed by atoms with van der Waals surface area (Å²) in [4.78, 5) is 23.3. The molecule has 3 rings (SSSR count). The van der Waals surface area contributed by atoms with Crippen LogP contribution in [0.3, 0.4) is 0 Å². The van der Waals surface area contributed by atoms with Gasteiger partial charge in [0, 0.05) is 51.2 Å². The number of aryl methyl sites for hydroxylation is 1. The van der Waals surface area contributed by atoms with Gasteiger partial charge in [0.05, 0.1) is 23.9 Å². The Kier molecular flexibility index (Phi) is 5.28. The van der Waals surface area contributed by atoms with Gasteiger partial charge in [-0.2, -0.15) is 0 Å². The molecule has 6 nitrogen and oxygen atoms in total. The van der Waals surface area contributed by atoms with Gasteiger partial charge in [0.15, 0.2) is 0 Å². The lowest BCUT2D eigenvalue weighted by Crippen LogP contribution is -2.54. The highest BCUT2D eigenvalue weighted by atomic mass is 32.1. The van der Waals surface area contributed by atoms with Gasteiger partial charge in [-0.3, -0.25) is 4.90 Å². The van der Waals surface area contributed by atoms with E-state index in [1.54, 1.807) is 11.3 Å². The summed E-state index contributed by atoms with van der Waals surface area (Å²) in [7, 11) is 0. The number of carbonyl (C=O) groups excluding carboxylic acids is 1. The number of morpholine rings is 1. The van der Waals surface area contributed by atoms with Crippen molar-refractivity contribution in [3.63, 3.8) is 0 Å². The van der Waals surface area contributed by atoms with E-state index in [0.717, 1.165) is 57.9 Å². The largest absolute Gasteiger partial charge is 0.378 e. The predicted molar refractivity (Wildman–Crippen MR) is 86.1 cm³/mol. The van der Waals surface area contributed by atoms with Gasteiger partial charge >= 0.3 is 6.03 Å². The van der Waals surface area contributed by atoms with Crippen molar-refractivity contribution in [2.75, 3.05) is 52.5 Å². The molecule has 1 aromatic rings. The molecule has 2 saturated heterocycles. The first-order valence-electron chi connectivity index (χ1n) is 8.03. The SMILES string of the molecule is CCc1nc(CN2CCN(C(=O)N3CCOCC3)CC2)cs1. The van der Waals surface area contributed by atoms with Crippen LogP contribution in [-0.4, -0.2) is 78.2 Å². The number of hydrogen-bond donors (Lipinski definition) is 0. The van der Waals surface area contributed by atoms with Crippen LogP contribution >= 0.6 is 11.3 Å². The lowest BCUT2D eigenvalue weighted by atomic mass is 10.3. The predicted octanol–water partition coefficient (Wildman–Crippen LogP) is 1.28. The van der Waals surface area contributed by atoms with Gasteiger partial charge in [-0.15, -0.1) is 11.3 Å². The van der Waals surface area contributed by atoms with Gasteiger partial charge in [-0.05, 0) is 6.42 Å². The summed E-state index contributed by atoms with van der Waals surface area (Å²) < 4.78 is 5.31. The van der Waals surface area contributed by atoms with E-state index in [1.165, 1.54) is 5.01 Å². The van der Waals surface area contributed by atoms with Crippen LogP contribution in [0.4, 0.5) is 4.79 Å². The number of nitrogens with zero attached hydrogens (tertiary/aromatic N) is 4. The summed E-state index contributed by atoms with van der Waals surface area (Å²) in [6.07, 6.45) is 1.01. The topological polar surface area (TPSA) is 48.9 Å². The third-order valence-corrected chi connectivity index (χ3v) is 5.25. The minimum Gasteiger partial charge on any atom is -0.378 e. The van der Waals surface area contributed by atoms with Crippen molar-refractivity contribution in [3.8, 4) is 0 Å². The zero-order valence-electron chi connectivity index (χ0n) is 13.2. The second-order valence-electron chi connectivity index (χ2n) is 5.73. The van der Waals surface area contributed by atoms with Crippen molar-refractivity contribution in [3.05, 3.63) is 16.1 Å². The van der Waals surface area contributed by atoms with Crippen molar-refractivity contribution in [2.45, 2.75) is 19.9 Å². The Morgan fingerprint density at radius 3 is 2.50 bits per heavy atom. The molecule has 7 heteroatoms. The summed E-state index contributed by atoms with van der Waals surface area (Å²) in [6.45, 7) is 9.26. The molecule has 2 aliphatic heterocycles. The zero-order chi connectivity index (χ0) is 15.4. The fourth-order valence-corrected chi connectivity index (χ4v) is 3.60. The lowest BCUT2D eigenvalue weighted by molar-refractivity contribution is 0.0372. The van der Waals surface area contributed by atoms with E-state index in [1.807, 2.05) is 9.80 Å². The van der Waals surface area contributed by atoms with Crippen molar-refractivity contribution in [2.24, 2.45) is 0 Å². The second kappa shape index (κ2) is 7.39. The second-order valence-corrected chi connectivity index (χ2v) is 6.67. The third-order valence-electron chi connectivity index (χ3n) is 4.21. The molecule has 3 heterocycles. The average Bonchev–Trinajstić information content (AvgIpc) is 3.03. The van der Waals surface area contributed by atoms with Crippen LogP contribution < -0.4 is 0 Å². The molecule has 0 unspecified atom stereocenters. The minimum atomic E-state index is 0.171. The Balaban J connectivity index is 1.46. The van der Waals surface area contributed by atoms with E-state index in [0.29, 0.717) is 13.2 Å². The van der Waals surface area contributed by atoms with Gasteiger partial charge < -0.3 is 14.5 Å². The maximum absolute atomic E-state index is 12.4. The summed E-state index contributed by atoms with van der Waals surface area (Å²) in [5, 5.41) is 3.36. The molecule has 1 aromatic heterocycles. The number of piperazine rings is 1. The van der Waals surface area contributed by atoms with Crippen LogP contribution in [0.1, 0.15) is 17.6 Å². The molecule has 0 atom stereocenters. The highest BCUT2D eigenvalue weighted by Crippen LogP contribution is 2.14. The molecule has 0 spiro atoms. The highest BCUT2D eigenvalue weighted by Gasteiger charge is 2.26. The van der Waals surface area contributed by atoms with E-state index in [2.05, 4.69) is 22.2 Å². The van der Waals surface area contributed by atoms with Crippen molar-refractivity contribution in [1.82, 2.24) is 19.7 Å². The number of carbonyl (C=O) groups is 1. The average molecular weight is 324 g/mol. The molecular weight excluding hydrogens is 300 g/mol. The number of urea groups is 1. The molecule has 0 bridgehead atoms. The van der Waals surface area contributed by atoms with Crippen LogP contribution in [0, 0.1) is 0 Å². The first-order chi connectivity index (χ1) is 10.8. The Hall–Kier alpha value is -1.18. The Bertz CT molecular complexity index is 493. The molecule has 22 heavy (non-hydrogen) atoms.